The molecule has 1 saturated carbocycles. The summed E-state index contributed by atoms with van der Waals surface area (Å²) in [5.41, 5.74) is 1.74. The van der Waals surface area contributed by atoms with Gasteiger partial charge in [-0.05, 0) is 25.0 Å². The predicted octanol–water partition coefficient (Wildman–Crippen LogP) is 4.91. The monoisotopic (exact) mass is 329 g/mol. The maximum atomic E-state index is 13.9. The molecule has 0 unspecified atom stereocenters. The summed E-state index contributed by atoms with van der Waals surface area (Å²) < 4.78 is 19.3. The summed E-state index contributed by atoms with van der Waals surface area (Å²) >= 11 is 9.48. The van der Waals surface area contributed by atoms with Crippen molar-refractivity contribution in [3.8, 4) is 11.3 Å². The summed E-state index contributed by atoms with van der Waals surface area (Å²) in [5, 5.41) is 4.95. The molecule has 0 N–H and O–H groups in total. The Labute approximate surface area is 117 Å². The largest absolute Gasteiger partial charge is 0.360 e. The van der Waals surface area contributed by atoms with Crippen LogP contribution in [0.15, 0.2) is 22.7 Å². The first-order valence-corrected chi connectivity index (χ1v) is 7.21. The molecule has 1 aliphatic carbocycles. The molecular weight excluding hydrogens is 321 g/mol. The zero-order valence-corrected chi connectivity index (χ0v) is 11.8. The summed E-state index contributed by atoms with van der Waals surface area (Å²) in [4.78, 5) is 0. The number of hydrogen-bond acceptors (Lipinski definition) is 2. The van der Waals surface area contributed by atoms with E-state index in [1.165, 1.54) is 6.07 Å². The molecule has 0 bridgehead atoms. The Bertz CT molecular complexity index is 574. The molecule has 1 aromatic heterocycles. The molecule has 3 rings (SSSR count). The van der Waals surface area contributed by atoms with Crippen LogP contribution in [0, 0.1) is 5.82 Å². The SMILES string of the molecule is Fc1cccc(Cl)c1-c1noc(C2CC2)c1CBr. The molecule has 2 aromatic rings. The minimum Gasteiger partial charge on any atom is -0.360 e. The second-order valence-corrected chi connectivity index (χ2v) is 5.35. The Morgan fingerprint density at radius 2 is 2.22 bits per heavy atom. The Morgan fingerprint density at radius 3 is 2.83 bits per heavy atom. The molecule has 0 aliphatic heterocycles. The summed E-state index contributed by atoms with van der Waals surface area (Å²) in [7, 11) is 0. The van der Waals surface area contributed by atoms with E-state index in [9.17, 15) is 4.39 Å². The quantitative estimate of drug-likeness (QED) is 0.748. The van der Waals surface area contributed by atoms with E-state index in [0.29, 0.717) is 27.5 Å². The van der Waals surface area contributed by atoms with E-state index in [0.717, 1.165) is 24.2 Å². The Kier molecular flexibility index (Phi) is 3.16. The first kappa shape index (κ1) is 12.2. The number of hydrogen-bond donors (Lipinski definition) is 0. The van der Waals surface area contributed by atoms with Crippen LogP contribution >= 0.6 is 27.5 Å². The average Bonchev–Trinajstić information content (AvgIpc) is 3.10. The van der Waals surface area contributed by atoms with Crippen LogP contribution in [-0.4, -0.2) is 5.16 Å². The molecular formula is C13H10BrClFNO. The average molecular weight is 331 g/mol. The molecule has 5 heteroatoms. The highest BCUT2D eigenvalue weighted by Crippen LogP contribution is 2.45. The highest BCUT2D eigenvalue weighted by atomic mass is 79.9. The van der Waals surface area contributed by atoms with Crippen molar-refractivity contribution in [3.05, 3.63) is 40.4 Å². The van der Waals surface area contributed by atoms with Crippen LogP contribution in [0.1, 0.15) is 30.1 Å². The van der Waals surface area contributed by atoms with Crippen molar-refractivity contribution in [2.75, 3.05) is 0 Å². The molecule has 0 saturated heterocycles. The lowest BCUT2D eigenvalue weighted by Crippen LogP contribution is -1.91. The molecule has 1 fully saturated rings. The summed E-state index contributed by atoms with van der Waals surface area (Å²) in [5.74, 6) is 0.922. The van der Waals surface area contributed by atoms with Gasteiger partial charge in [-0.15, -0.1) is 0 Å². The fourth-order valence-electron chi connectivity index (χ4n) is 2.04. The van der Waals surface area contributed by atoms with E-state index in [-0.39, 0.29) is 5.82 Å². The van der Waals surface area contributed by atoms with Gasteiger partial charge < -0.3 is 4.52 Å². The van der Waals surface area contributed by atoms with E-state index < -0.39 is 0 Å². The van der Waals surface area contributed by atoms with Crippen molar-refractivity contribution in [2.24, 2.45) is 0 Å². The summed E-state index contributed by atoms with van der Waals surface area (Å²) in [6.07, 6.45) is 2.22. The van der Waals surface area contributed by atoms with Gasteiger partial charge in [-0.25, -0.2) is 4.39 Å². The Hall–Kier alpha value is -0.870. The van der Waals surface area contributed by atoms with Crippen LogP contribution in [0.4, 0.5) is 4.39 Å². The fourth-order valence-corrected chi connectivity index (χ4v) is 2.83. The van der Waals surface area contributed by atoms with Gasteiger partial charge in [0.05, 0.1) is 10.6 Å². The van der Waals surface area contributed by atoms with Gasteiger partial charge in [-0.1, -0.05) is 38.8 Å². The van der Waals surface area contributed by atoms with Crippen molar-refractivity contribution >= 4 is 27.5 Å². The number of nitrogens with zero attached hydrogens (tertiary/aromatic N) is 1. The third-order valence-corrected chi connectivity index (χ3v) is 3.98. The van der Waals surface area contributed by atoms with Crippen molar-refractivity contribution < 1.29 is 8.91 Å². The van der Waals surface area contributed by atoms with Gasteiger partial charge in [0.1, 0.15) is 17.3 Å². The second-order valence-electron chi connectivity index (χ2n) is 4.38. The second kappa shape index (κ2) is 4.67. The maximum absolute atomic E-state index is 13.9. The van der Waals surface area contributed by atoms with E-state index >= 15 is 0 Å². The molecule has 0 spiro atoms. The topological polar surface area (TPSA) is 26.0 Å². The fraction of sp³-hybridized carbons (Fsp3) is 0.308. The lowest BCUT2D eigenvalue weighted by molar-refractivity contribution is 0.385. The number of rotatable bonds is 3. The third kappa shape index (κ3) is 1.97. The van der Waals surface area contributed by atoms with E-state index in [1.807, 2.05) is 0 Å². The Balaban J connectivity index is 2.16. The van der Waals surface area contributed by atoms with Gasteiger partial charge in [-0.2, -0.15) is 0 Å². The molecule has 0 atom stereocenters. The predicted molar refractivity (Wildman–Crippen MR) is 71.5 cm³/mol. The van der Waals surface area contributed by atoms with Crippen molar-refractivity contribution in [1.82, 2.24) is 5.16 Å². The molecule has 0 radical (unpaired) electrons. The van der Waals surface area contributed by atoms with Crippen molar-refractivity contribution in [3.63, 3.8) is 0 Å². The van der Waals surface area contributed by atoms with E-state index in [2.05, 4.69) is 21.1 Å². The smallest absolute Gasteiger partial charge is 0.144 e. The molecule has 0 amide bonds. The molecule has 2 nitrogen and oxygen atoms in total. The third-order valence-electron chi connectivity index (χ3n) is 3.10. The van der Waals surface area contributed by atoms with Crippen molar-refractivity contribution in [2.45, 2.75) is 24.1 Å². The first-order chi connectivity index (χ1) is 8.72. The molecule has 1 aliphatic rings. The molecule has 1 heterocycles. The van der Waals surface area contributed by atoms with Gasteiger partial charge in [0.2, 0.25) is 0 Å². The van der Waals surface area contributed by atoms with Crippen LogP contribution in [0.2, 0.25) is 5.02 Å². The van der Waals surface area contributed by atoms with Gasteiger partial charge >= 0.3 is 0 Å². The minimum atomic E-state index is -0.375. The van der Waals surface area contributed by atoms with E-state index in [4.69, 9.17) is 16.1 Å². The van der Waals surface area contributed by atoms with Gasteiger partial charge in [0, 0.05) is 16.8 Å². The zero-order chi connectivity index (χ0) is 12.7. The van der Waals surface area contributed by atoms with Gasteiger partial charge in [-0.3, -0.25) is 0 Å². The zero-order valence-electron chi connectivity index (χ0n) is 9.42. The van der Waals surface area contributed by atoms with Crippen LogP contribution in [0.25, 0.3) is 11.3 Å². The van der Waals surface area contributed by atoms with Gasteiger partial charge in [0.25, 0.3) is 0 Å². The highest BCUT2D eigenvalue weighted by molar-refractivity contribution is 9.08. The number of alkyl halides is 1. The first-order valence-electron chi connectivity index (χ1n) is 5.71. The Morgan fingerprint density at radius 1 is 1.44 bits per heavy atom. The number of aromatic nitrogens is 1. The molecule has 94 valence electrons. The standard InChI is InChI=1S/C13H10BrClFNO/c14-6-8-12(17-18-13(8)7-4-5-7)11-9(15)2-1-3-10(11)16/h1-3,7H,4-6H2. The van der Waals surface area contributed by atoms with Gasteiger partial charge in [0.15, 0.2) is 0 Å². The normalized spacial score (nSPS) is 15.1. The van der Waals surface area contributed by atoms with Crippen molar-refractivity contribution in [1.29, 1.82) is 0 Å². The van der Waals surface area contributed by atoms with Crippen LogP contribution in [0.3, 0.4) is 0 Å². The summed E-state index contributed by atoms with van der Waals surface area (Å²) in [6, 6.07) is 4.62. The molecule has 1 aromatic carbocycles. The number of halogens is 3. The lowest BCUT2D eigenvalue weighted by atomic mass is 10.1. The number of benzene rings is 1. The maximum Gasteiger partial charge on any atom is 0.144 e. The highest BCUT2D eigenvalue weighted by Gasteiger charge is 2.33. The lowest BCUT2D eigenvalue weighted by Gasteiger charge is -2.04. The van der Waals surface area contributed by atoms with Crippen LogP contribution in [0.5, 0.6) is 0 Å². The summed E-state index contributed by atoms with van der Waals surface area (Å²) in [6.45, 7) is 0. The van der Waals surface area contributed by atoms with Crippen LogP contribution in [-0.2, 0) is 5.33 Å². The molecule has 18 heavy (non-hydrogen) atoms. The van der Waals surface area contributed by atoms with E-state index in [1.54, 1.807) is 12.1 Å². The van der Waals surface area contributed by atoms with Crippen LogP contribution < -0.4 is 0 Å². The minimum absolute atomic E-state index is 0.323.